The summed E-state index contributed by atoms with van der Waals surface area (Å²) >= 11 is 0. The average Bonchev–Trinajstić information content (AvgIpc) is 2.44. The lowest BCUT2D eigenvalue weighted by molar-refractivity contribution is -0.136. The highest BCUT2D eigenvalue weighted by Gasteiger charge is 2.07. The van der Waals surface area contributed by atoms with E-state index < -0.39 is 12.1 Å². The van der Waals surface area contributed by atoms with Gasteiger partial charge in [-0.2, -0.15) is 0 Å². The number of rotatable bonds is 10. The summed E-state index contributed by atoms with van der Waals surface area (Å²) in [5.41, 5.74) is 2.11. The van der Waals surface area contributed by atoms with Gasteiger partial charge in [0.2, 0.25) is 0 Å². The number of carboxylic acids is 1. The Morgan fingerprint density at radius 3 is 2.50 bits per heavy atom. The molecule has 4 nitrogen and oxygen atoms in total. The second kappa shape index (κ2) is 9.50. The summed E-state index contributed by atoms with van der Waals surface area (Å²) in [5.74, 6) is -0.917. The Balaban J connectivity index is 2.35. The van der Waals surface area contributed by atoms with Gasteiger partial charge in [-0.3, -0.25) is 4.79 Å². The maximum absolute atomic E-state index is 10.4. The third-order valence-corrected chi connectivity index (χ3v) is 3.30. The maximum Gasteiger partial charge on any atom is 0.317 e. The van der Waals surface area contributed by atoms with Gasteiger partial charge in [0.05, 0.1) is 12.6 Å². The molecule has 3 N–H and O–H groups in total. The molecular formula is C16H25NO3. The van der Waals surface area contributed by atoms with Crippen LogP contribution in [0.4, 0.5) is 0 Å². The molecule has 1 atom stereocenters. The van der Waals surface area contributed by atoms with Gasteiger partial charge in [-0.1, -0.05) is 50.5 Å². The molecule has 0 aromatic heterocycles. The van der Waals surface area contributed by atoms with E-state index in [0.29, 0.717) is 0 Å². The summed E-state index contributed by atoms with van der Waals surface area (Å²) in [6.07, 6.45) is 5.41. The number of unbranched alkanes of at least 4 members (excludes halogenated alkanes) is 3. The van der Waals surface area contributed by atoms with E-state index in [9.17, 15) is 9.90 Å². The Morgan fingerprint density at radius 1 is 1.20 bits per heavy atom. The molecule has 112 valence electrons. The standard InChI is InChI=1S/C16H25NO3/c1-2-3-4-5-6-13-7-9-14(10-8-13)15(18)11-17-12-16(19)20/h7-10,15,17-18H,2-6,11-12H2,1H3,(H,19,20). The van der Waals surface area contributed by atoms with E-state index >= 15 is 0 Å². The third-order valence-electron chi connectivity index (χ3n) is 3.30. The summed E-state index contributed by atoms with van der Waals surface area (Å²) in [5, 5.41) is 21.1. The summed E-state index contributed by atoms with van der Waals surface area (Å²) in [6, 6.07) is 7.92. The molecule has 1 aromatic rings. The van der Waals surface area contributed by atoms with Crippen molar-refractivity contribution in [3.63, 3.8) is 0 Å². The van der Waals surface area contributed by atoms with Crippen LogP contribution < -0.4 is 5.32 Å². The number of carbonyl (C=O) groups is 1. The molecule has 0 aliphatic carbocycles. The van der Waals surface area contributed by atoms with Crippen LogP contribution in [0.25, 0.3) is 0 Å². The first-order valence-electron chi connectivity index (χ1n) is 7.33. The van der Waals surface area contributed by atoms with Gasteiger partial charge in [-0.15, -0.1) is 0 Å². The molecule has 4 heteroatoms. The molecule has 0 aliphatic rings. The van der Waals surface area contributed by atoms with Crippen LogP contribution in [0, 0.1) is 0 Å². The SMILES string of the molecule is CCCCCCc1ccc(C(O)CNCC(=O)O)cc1. The Labute approximate surface area is 120 Å². The number of hydrogen-bond donors (Lipinski definition) is 3. The van der Waals surface area contributed by atoms with Gasteiger partial charge >= 0.3 is 5.97 Å². The van der Waals surface area contributed by atoms with Crippen molar-refractivity contribution in [2.75, 3.05) is 13.1 Å². The number of nitrogens with one attached hydrogen (secondary N) is 1. The number of hydrogen-bond acceptors (Lipinski definition) is 3. The molecule has 1 rings (SSSR count). The van der Waals surface area contributed by atoms with Gasteiger partial charge in [0.25, 0.3) is 0 Å². The lowest BCUT2D eigenvalue weighted by Gasteiger charge is -2.12. The Bertz CT molecular complexity index is 389. The first-order valence-corrected chi connectivity index (χ1v) is 7.33. The first-order chi connectivity index (χ1) is 9.63. The Hall–Kier alpha value is -1.39. The second-order valence-corrected chi connectivity index (χ2v) is 5.09. The molecule has 0 fully saturated rings. The van der Waals surface area contributed by atoms with Crippen LogP contribution in [0.3, 0.4) is 0 Å². The molecule has 0 radical (unpaired) electrons. The molecule has 0 bridgehead atoms. The van der Waals surface area contributed by atoms with Crippen molar-refractivity contribution in [2.24, 2.45) is 0 Å². The van der Waals surface area contributed by atoms with E-state index in [1.54, 1.807) is 0 Å². The van der Waals surface area contributed by atoms with E-state index in [4.69, 9.17) is 5.11 Å². The van der Waals surface area contributed by atoms with Crippen LogP contribution in [0.15, 0.2) is 24.3 Å². The minimum absolute atomic E-state index is 0.132. The van der Waals surface area contributed by atoms with Gasteiger partial charge in [0, 0.05) is 6.54 Å². The molecule has 0 saturated carbocycles. The summed E-state index contributed by atoms with van der Waals surface area (Å²) < 4.78 is 0. The molecular weight excluding hydrogens is 254 g/mol. The summed E-state index contributed by atoms with van der Waals surface area (Å²) in [6.45, 7) is 2.32. The van der Waals surface area contributed by atoms with Crippen LogP contribution in [-0.4, -0.2) is 29.3 Å². The highest BCUT2D eigenvalue weighted by molar-refractivity contribution is 5.68. The van der Waals surface area contributed by atoms with Crippen molar-refractivity contribution in [1.82, 2.24) is 5.32 Å². The first kappa shape index (κ1) is 16.7. The number of aliphatic hydroxyl groups excluding tert-OH is 1. The summed E-state index contributed by atoms with van der Waals surface area (Å²) in [7, 11) is 0. The predicted octanol–water partition coefficient (Wildman–Crippen LogP) is 2.52. The minimum atomic E-state index is -0.917. The van der Waals surface area contributed by atoms with Crippen LogP contribution in [-0.2, 0) is 11.2 Å². The van der Waals surface area contributed by atoms with Gasteiger partial charge in [-0.25, -0.2) is 0 Å². The molecule has 0 spiro atoms. The van der Waals surface area contributed by atoms with Crippen molar-refractivity contribution in [2.45, 2.75) is 45.1 Å². The number of carboxylic acid groups (broad SMARTS) is 1. The number of benzene rings is 1. The predicted molar refractivity (Wildman–Crippen MR) is 79.8 cm³/mol. The fourth-order valence-corrected chi connectivity index (χ4v) is 2.10. The van der Waals surface area contributed by atoms with E-state index in [2.05, 4.69) is 12.2 Å². The molecule has 0 aliphatic heterocycles. The van der Waals surface area contributed by atoms with Crippen molar-refractivity contribution in [3.05, 3.63) is 35.4 Å². The second-order valence-electron chi connectivity index (χ2n) is 5.09. The topological polar surface area (TPSA) is 69.6 Å². The van der Waals surface area contributed by atoms with Crippen molar-refractivity contribution < 1.29 is 15.0 Å². The van der Waals surface area contributed by atoms with E-state index in [1.165, 1.54) is 31.2 Å². The van der Waals surface area contributed by atoms with Gasteiger partial charge in [0.1, 0.15) is 0 Å². The fourth-order valence-electron chi connectivity index (χ4n) is 2.10. The zero-order valence-corrected chi connectivity index (χ0v) is 12.1. The molecule has 0 amide bonds. The van der Waals surface area contributed by atoms with Crippen molar-refractivity contribution in [3.8, 4) is 0 Å². The molecule has 20 heavy (non-hydrogen) atoms. The fraction of sp³-hybridized carbons (Fsp3) is 0.562. The smallest absolute Gasteiger partial charge is 0.317 e. The van der Waals surface area contributed by atoms with Crippen molar-refractivity contribution in [1.29, 1.82) is 0 Å². The monoisotopic (exact) mass is 279 g/mol. The molecule has 1 unspecified atom stereocenters. The number of aliphatic carboxylic acids is 1. The Morgan fingerprint density at radius 2 is 1.90 bits per heavy atom. The zero-order valence-electron chi connectivity index (χ0n) is 12.1. The average molecular weight is 279 g/mol. The summed E-state index contributed by atoms with van der Waals surface area (Å²) in [4.78, 5) is 10.4. The van der Waals surface area contributed by atoms with Gasteiger partial charge < -0.3 is 15.5 Å². The lowest BCUT2D eigenvalue weighted by Crippen LogP contribution is -2.27. The van der Waals surface area contributed by atoms with E-state index in [0.717, 1.165) is 12.0 Å². The number of aliphatic hydroxyl groups is 1. The maximum atomic E-state index is 10.4. The molecule has 0 heterocycles. The van der Waals surface area contributed by atoms with Crippen molar-refractivity contribution >= 4 is 5.97 Å². The minimum Gasteiger partial charge on any atom is -0.480 e. The van der Waals surface area contributed by atoms with Crippen LogP contribution >= 0.6 is 0 Å². The third kappa shape index (κ3) is 6.68. The van der Waals surface area contributed by atoms with E-state index in [-0.39, 0.29) is 13.1 Å². The van der Waals surface area contributed by atoms with Crippen LogP contribution in [0.5, 0.6) is 0 Å². The van der Waals surface area contributed by atoms with Gasteiger partial charge in [0.15, 0.2) is 0 Å². The largest absolute Gasteiger partial charge is 0.480 e. The van der Waals surface area contributed by atoms with Crippen LogP contribution in [0.1, 0.15) is 49.8 Å². The quantitative estimate of drug-likeness (QED) is 0.576. The Kier molecular flexibility index (Phi) is 7.92. The highest BCUT2D eigenvalue weighted by atomic mass is 16.4. The molecule has 0 saturated heterocycles. The highest BCUT2D eigenvalue weighted by Crippen LogP contribution is 2.15. The lowest BCUT2D eigenvalue weighted by atomic mass is 10.0. The van der Waals surface area contributed by atoms with Gasteiger partial charge in [-0.05, 0) is 24.0 Å². The number of aryl methyl sites for hydroxylation is 1. The molecule has 1 aromatic carbocycles. The van der Waals surface area contributed by atoms with E-state index in [1.807, 2.05) is 24.3 Å². The van der Waals surface area contributed by atoms with Crippen LogP contribution in [0.2, 0.25) is 0 Å². The normalized spacial score (nSPS) is 12.3. The zero-order chi connectivity index (χ0) is 14.8.